The summed E-state index contributed by atoms with van der Waals surface area (Å²) in [6, 6.07) is 0. The standard InChI is InChI=1S/C14H30O/c1-4-7-8-9-10-11-12-13-14(15,5-2)6-3/h15H,4-13H2,1-3H3. The Hall–Kier alpha value is -0.0400. The third kappa shape index (κ3) is 7.84. The first-order valence-electron chi connectivity index (χ1n) is 6.91. The van der Waals surface area contributed by atoms with E-state index in [-0.39, 0.29) is 5.60 Å². The molecule has 1 heteroatoms. The summed E-state index contributed by atoms with van der Waals surface area (Å²) in [5.74, 6) is 0. The van der Waals surface area contributed by atoms with Crippen molar-refractivity contribution in [1.82, 2.24) is 0 Å². The summed E-state index contributed by atoms with van der Waals surface area (Å²) < 4.78 is 0. The smallest absolute Gasteiger partial charge is 0.0642 e. The molecule has 0 amide bonds. The van der Waals surface area contributed by atoms with Gasteiger partial charge < -0.3 is 5.11 Å². The second kappa shape index (κ2) is 9.21. The normalized spacial score (nSPS) is 12.0. The Morgan fingerprint density at radius 1 is 0.733 bits per heavy atom. The number of aliphatic hydroxyl groups is 1. The summed E-state index contributed by atoms with van der Waals surface area (Å²) in [6.07, 6.45) is 12.1. The molecule has 0 aliphatic carbocycles. The molecule has 0 saturated heterocycles. The van der Waals surface area contributed by atoms with Gasteiger partial charge in [-0.25, -0.2) is 0 Å². The van der Waals surface area contributed by atoms with Crippen LogP contribution in [0.1, 0.15) is 85.0 Å². The zero-order valence-corrected chi connectivity index (χ0v) is 11.0. The molecule has 0 aromatic heterocycles. The summed E-state index contributed by atoms with van der Waals surface area (Å²) in [6.45, 7) is 6.43. The molecule has 0 radical (unpaired) electrons. The van der Waals surface area contributed by atoms with E-state index in [1.165, 1.54) is 44.9 Å². The quantitative estimate of drug-likeness (QED) is 0.524. The van der Waals surface area contributed by atoms with Crippen LogP contribution in [0, 0.1) is 0 Å². The van der Waals surface area contributed by atoms with E-state index in [4.69, 9.17) is 0 Å². The fraction of sp³-hybridized carbons (Fsp3) is 1.00. The van der Waals surface area contributed by atoms with Crippen LogP contribution in [0.25, 0.3) is 0 Å². The van der Waals surface area contributed by atoms with E-state index in [2.05, 4.69) is 20.8 Å². The van der Waals surface area contributed by atoms with Crippen LogP contribution in [0.5, 0.6) is 0 Å². The number of rotatable bonds is 10. The van der Waals surface area contributed by atoms with Crippen molar-refractivity contribution in [2.75, 3.05) is 0 Å². The predicted molar refractivity (Wildman–Crippen MR) is 68.1 cm³/mol. The molecule has 0 aromatic rings. The lowest BCUT2D eigenvalue weighted by molar-refractivity contribution is 0.0211. The van der Waals surface area contributed by atoms with Crippen molar-refractivity contribution < 1.29 is 5.11 Å². The zero-order chi connectivity index (χ0) is 11.6. The minimum absolute atomic E-state index is 0.372. The molecule has 92 valence electrons. The number of hydrogen-bond donors (Lipinski definition) is 1. The molecule has 0 spiro atoms. The molecule has 1 nitrogen and oxygen atoms in total. The Morgan fingerprint density at radius 2 is 1.20 bits per heavy atom. The van der Waals surface area contributed by atoms with Crippen molar-refractivity contribution in [3.05, 3.63) is 0 Å². The fourth-order valence-corrected chi connectivity index (χ4v) is 2.01. The van der Waals surface area contributed by atoms with Gasteiger partial charge in [0.1, 0.15) is 0 Å². The lowest BCUT2D eigenvalue weighted by Crippen LogP contribution is -2.26. The summed E-state index contributed by atoms with van der Waals surface area (Å²) >= 11 is 0. The van der Waals surface area contributed by atoms with Crippen molar-refractivity contribution in [3.8, 4) is 0 Å². The Labute approximate surface area is 96.3 Å². The van der Waals surface area contributed by atoms with Crippen LogP contribution >= 0.6 is 0 Å². The maximum Gasteiger partial charge on any atom is 0.0642 e. The van der Waals surface area contributed by atoms with Crippen LogP contribution in [0.4, 0.5) is 0 Å². The lowest BCUT2D eigenvalue weighted by Gasteiger charge is -2.24. The van der Waals surface area contributed by atoms with E-state index < -0.39 is 0 Å². The van der Waals surface area contributed by atoms with Gasteiger partial charge in [0.05, 0.1) is 5.60 Å². The molecule has 0 bridgehead atoms. The van der Waals surface area contributed by atoms with E-state index in [0.717, 1.165) is 19.3 Å². The molecule has 0 aliphatic rings. The molecule has 0 unspecified atom stereocenters. The highest BCUT2D eigenvalue weighted by molar-refractivity contribution is 4.74. The maximum absolute atomic E-state index is 10.1. The lowest BCUT2D eigenvalue weighted by atomic mass is 9.90. The molecule has 0 atom stereocenters. The number of hydrogen-bond acceptors (Lipinski definition) is 1. The molecule has 1 N–H and O–H groups in total. The van der Waals surface area contributed by atoms with E-state index >= 15 is 0 Å². The van der Waals surface area contributed by atoms with Gasteiger partial charge in [0, 0.05) is 0 Å². The molecular formula is C14H30O. The van der Waals surface area contributed by atoms with Crippen LogP contribution in [0.2, 0.25) is 0 Å². The number of unbranched alkanes of at least 4 members (excludes halogenated alkanes) is 6. The Bertz CT molecular complexity index is 127. The largest absolute Gasteiger partial charge is 0.390 e. The zero-order valence-electron chi connectivity index (χ0n) is 11.0. The molecule has 15 heavy (non-hydrogen) atoms. The summed E-state index contributed by atoms with van der Waals surface area (Å²) in [5.41, 5.74) is -0.372. The van der Waals surface area contributed by atoms with Gasteiger partial charge in [-0.05, 0) is 19.3 Å². The van der Waals surface area contributed by atoms with Crippen molar-refractivity contribution in [2.45, 2.75) is 90.6 Å². The summed E-state index contributed by atoms with van der Waals surface area (Å²) in [4.78, 5) is 0. The molecule has 0 rings (SSSR count). The first-order valence-corrected chi connectivity index (χ1v) is 6.91. The SMILES string of the molecule is CCCCCCCCCC(O)(CC)CC. The molecule has 0 aromatic carbocycles. The van der Waals surface area contributed by atoms with E-state index in [1.54, 1.807) is 0 Å². The Balaban J connectivity index is 3.29. The predicted octanol–water partition coefficient (Wildman–Crippen LogP) is 4.68. The van der Waals surface area contributed by atoms with E-state index in [0.29, 0.717) is 0 Å². The fourth-order valence-electron chi connectivity index (χ4n) is 2.01. The van der Waals surface area contributed by atoms with Crippen LogP contribution in [0.15, 0.2) is 0 Å². The molecular weight excluding hydrogens is 184 g/mol. The van der Waals surface area contributed by atoms with Gasteiger partial charge in [-0.15, -0.1) is 0 Å². The maximum atomic E-state index is 10.1. The Kier molecular flexibility index (Phi) is 9.18. The molecule has 0 heterocycles. The van der Waals surface area contributed by atoms with Crippen molar-refractivity contribution in [1.29, 1.82) is 0 Å². The second-order valence-electron chi connectivity index (χ2n) is 4.80. The third-order valence-corrected chi connectivity index (χ3v) is 3.56. The first-order chi connectivity index (χ1) is 7.18. The highest BCUT2D eigenvalue weighted by Gasteiger charge is 2.20. The van der Waals surface area contributed by atoms with Gasteiger partial charge in [0.15, 0.2) is 0 Å². The van der Waals surface area contributed by atoms with Gasteiger partial charge in [-0.1, -0.05) is 65.7 Å². The van der Waals surface area contributed by atoms with Gasteiger partial charge in [0.25, 0.3) is 0 Å². The minimum Gasteiger partial charge on any atom is -0.390 e. The highest BCUT2D eigenvalue weighted by atomic mass is 16.3. The van der Waals surface area contributed by atoms with Gasteiger partial charge in [-0.2, -0.15) is 0 Å². The average molecular weight is 214 g/mol. The van der Waals surface area contributed by atoms with Crippen molar-refractivity contribution in [3.63, 3.8) is 0 Å². The van der Waals surface area contributed by atoms with E-state index in [9.17, 15) is 5.11 Å². The van der Waals surface area contributed by atoms with E-state index in [1.807, 2.05) is 0 Å². The topological polar surface area (TPSA) is 20.2 Å². The minimum atomic E-state index is -0.372. The second-order valence-corrected chi connectivity index (χ2v) is 4.80. The molecule has 0 aliphatic heterocycles. The monoisotopic (exact) mass is 214 g/mol. The highest BCUT2D eigenvalue weighted by Crippen LogP contribution is 2.22. The third-order valence-electron chi connectivity index (χ3n) is 3.56. The van der Waals surface area contributed by atoms with Crippen LogP contribution in [-0.2, 0) is 0 Å². The average Bonchev–Trinajstić information content (AvgIpc) is 2.27. The van der Waals surface area contributed by atoms with Gasteiger partial charge in [-0.3, -0.25) is 0 Å². The first kappa shape index (κ1) is 15.0. The molecule has 0 fully saturated rings. The van der Waals surface area contributed by atoms with Crippen LogP contribution in [-0.4, -0.2) is 10.7 Å². The Morgan fingerprint density at radius 3 is 1.67 bits per heavy atom. The molecule has 0 saturated carbocycles. The van der Waals surface area contributed by atoms with Crippen LogP contribution in [0.3, 0.4) is 0 Å². The van der Waals surface area contributed by atoms with Gasteiger partial charge in [0.2, 0.25) is 0 Å². The van der Waals surface area contributed by atoms with Crippen molar-refractivity contribution >= 4 is 0 Å². The summed E-state index contributed by atoms with van der Waals surface area (Å²) in [7, 11) is 0. The van der Waals surface area contributed by atoms with Crippen LogP contribution < -0.4 is 0 Å². The summed E-state index contributed by atoms with van der Waals surface area (Å²) in [5, 5.41) is 10.1. The van der Waals surface area contributed by atoms with Gasteiger partial charge >= 0.3 is 0 Å². The van der Waals surface area contributed by atoms with Crippen molar-refractivity contribution in [2.24, 2.45) is 0 Å².